The van der Waals surface area contributed by atoms with E-state index in [2.05, 4.69) is 16.8 Å². The first-order valence-electron chi connectivity index (χ1n) is 2.33. The van der Waals surface area contributed by atoms with E-state index in [4.69, 9.17) is 0 Å². The summed E-state index contributed by atoms with van der Waals surface area (Å²) in [5.74, 6) is 1.34. The standard InChI is InChI=1S/C5H9O2P/c1-3-5-8(6)7-4-2/h5,8H,1,4H2,2H3. The van der Waals surface area contributed by atoms with Crippen LogP contribution in [0.5, 0.6) is 0 Å². The van der Waals surface area contributed by atoms with E-state index in [0.29, 0.717) is 6.61 Å². The lowest BCUT2D eigenvalue weighted by molar-refractivity contribution is 0.356. The van der Waals surface area contributed by atoms with Crippen molar-refractivity contribution in [3.63, 3.8) is 0 Å². The van der Waals surface area contributed by atoms with E-state index < -0.39 is 8.03 Å². The van der Waals surface area contributed by atoms with E-state index >= 15 is 0 Å². The third-order valence-electron chi connectivity index (χ3n) is 0.507. The van der Waals surface area contributed by atoms with Crippen molar-refractivity contribution in [3.8, 4) is 0 Å². The first kappa shape index (κ1) is 7.71. The Kier molecular flexibility index (Phi) is 4.68. The van der Waals surface area contributed by atoms with E-state index in [9.17, 15) is 4.57 Å². The SMILES string of the molecule is C=C=C[PH](=O)OCC. The Hall–Kier alpha value is -0.290. The summed E-state index contributed by atoms with van der Waals surface area (Å²) in [7, 11) is -1.94. The van der Waals surface area contributed by atoms with Gasteiger partial charge in [-0.15, -0.1) is 5.73 Å². The summed E-state index contributed by atoms with van der Waals surface area (Å²) < 4.78 is 15.1. The average molecular weight is 132 g/mol. The molecule has 0 aliphatic rings. The molecule has 0 amide bonds. The Morgan fingerprint density at radius 3 is 3.00 bits per heavy atom. The highest BCUT2D eigenvalue weighted by molar-refractivity contribution is 7.42. The molecule has 0 aliphatic carbocycles. The van der Waals surface area contributed by atoms with Gasteiger partial charge in [-0.3, -0.25) is 4.57 Å². The van der Waals surface area contributed by atoms with E-state index in [1.807, 2.05) is 0 Å². The van der Waals surface area contributed by atoms with E-state index in [1.54, 1.807) is 6.92 Å². The molecule has 0 aromatic heterocycles. The lowest BCUT2D eigenvalue weighted by Crippen LogP contribution is -1.71. The zero-order chi connectivity index (χ0) is 6.41. The molecule has 3 heteroatoms. The van der Waals surface area contributed by atoms with Gasteiger partial charge in [0.25, 0.3) is 0 Å². The van der Waals surface area contributed by atoms with Gasteiger partial charge in [0.15, 0.2) is 0 Å². The summed E-state index contributed by atoms with van der Waals surface area (Å²) in [6.45, 7) is 5.52. The third-order valence-corrected chi connectivity index (χ3v) is 1.52. The fourth-order valence-corrected chi connectivity index (χ4v) is 0.802. The van der Waals surface area contributed by atoms with Crippen molar-refractivity contribution in [2.75, 3.05) is 6.61 Å². The second-order valence-corrected chi connectivity index (χ2v) is 2.32. The maximum Gasteiger partial charge on any atom is 0.221 e. The Morgan fingerprint density at radius 2 is 2.62 bits per heavy atom. The van der Waals surface area contributed by atoms with Crippen molar-refractivity contribution in [2.45, 2.75) is 6.92 Å². The molecule has 0 radical (unpaired) electrons. The first-order valence-corrected chi connectivity index (χ1v) is 3.73. The summed E-state index contributed by atoms with van der Waals surface area (Å²) in [4.78, 5) is 0. The minimum Gasteiger partial charge on any atom is -0.328 e. The number of hydrogen-bond acceptors (Lipinski definition) is 2. The lowest BCUT2D eigenvalue weighted by atomic mass is 10.9. The van der Waals surface area contributed by atoms with Gasteiger partial charge < -0.3 is 4.52 Å². The molecule has 0 fully saturated rings. The summed E-state index contributed by atoms with van der Waals surface area (Å²) in [5.41, 5.74) is 2.39. The summed E-state index contributed by atoms with van der Waals surface area (Å²) in [6, 6.07) is 0. The van der Waals surface area contributed by atoms with Crippen LogP contribution in [0, 0.1) is 0 Å². The van der Waals surface area contributed by atoms with Crippen LogP contribution >= 0.6 is 8.03 Å². The molecular formula is C5H9O2P. The monoisotopic (exact) mass is 132 g/mol. The van der Waals surface area contributed by atoms with Gasteiger partial charge >= 0.3 is 0 Å². The van der Waals surface area contributed by atoms with Crippen molar-refractivity contribution in [1.82, 2.24) is 0 Å². The average Bonchev–Trinajstić information content (AvgIpc) is 1.68. The fourth-order valence-electron chi connectivity index (χ4n) is 0.267. The number of rotatable bonds is 3. The Morgan fingerprint density at radius 1 is 2.00 bits per heavy atom. The van der Waals surface area contributed by atoms with Gasteiger partial charge in [-0.2, -0.15) is 0 Å². The fraction of sp³-hybridized carbons (Fsp3) is 0.400. The smallest absolute Gasteiger partial charge is 0.221 e. The molecule has 0 N–H and O–H groups in total. The van der Waals surface area contributed by atoms with E-state index in [-0.39, 0.29) is 0 Å². The molecule has 46 valence electrons. The Balaban J connectivity index is 3.49. The zero-order valence-corrected chi connectivity index (χ0v) is 5.81. The molecule has 0 saturated heterocycles. The molecule has 0 spiro atoms. The first-order chi connectivity index (χ1) is 3.81. The van der Waals surface area contributed by atoms with Gasteiger partial charge in [0.2, 0.25) is 8.03 Å². The highest BCUT2D eigenvalue weighted by Crippen LogP contribution is 2.21. The quantitative estimate of drug-likeness (QED) is 0.432. The van der Waals surface area contributed by atoms with Gasteiger partial charge in [-0.1, -0.05) is 6.58 Å². The molecule has 8 heavy (non-hydrogen) atoms. The maximum absolute atomic E-state index is 10.4. The van der Waals surface area contributed by atoms with Crippen LogP contribution in [0.3, 0.4) is 0 Å². The molecule has 0 aromatic rings. The molecule has 0 bridgehead atoms. The molecule has 1 atom stereocenters. The molecule has 0 heterocycles. The zero-order valence-electron chi connectivity index (χ0n) is 4.81. The van der Waals surface area contributed by atoms with Crippen LogP contribution in [0.15, 0.2) is 18.1 Å². The lowest BCUT2D eigenvalue weighted by Gasteiger charge is -1.89. The van der Waals surface area contributed by atoms with Gasteiger partial charge in [-0.25, -0.2) is 0 Å². The predicted molar refractivity (Wildman–Crippen MR) is 34.3 cm³/mol. The molecule has 1 unspecified atom stereocenters. The van der Waals surface area contributed by atoms with Crippen molar-refractivity contribution in [1.29, 1.82) is 0 Å². The summed E-state index contributed by atoms with van der Waals surface area (Å²) >= 11 is 0. The van der Waals surface area contributed by atoms with Crippen LogP contribution in [-0.2, 0) is 9.09 Å². The van der Waals surface area contributed by atoms with Gasteiger partial charge in [0.05, 0.1) is 6.61 Å². The Bertz CT molecular complexity index is 124. The molecule has 0 aliphatic heterocycles. The molecular weight excluding hydrogens is 123 g/mol. The van der Waals surface area contributed by atoms with Crippen molar-refractivity contribution in [2.24, 2.45) is 0 Å². The second-order valence-electron chi connectivity index (χ2n) is 1.10. The van der Waals surface area contributed by atoms with Gasteiger partial charge in [-0.05, 0) is 6.92 Å². The summed E-state index contributed by atoms with van der Waals surface area (Å²) in [5, 5.41) is 0. The van der Waals surface area contributed by atoms with Crippen molar-refractivity contribution >= 4 is 8.03 Å². The van der Waals surface area contributed by atoms with Crippen LogP contribution in [0.25, 0.3) is 0 Å². The second kappa shape index (κ2) is 4.86. The molecule has 0 rings (SSSR count). The summed E-state index contributed by atoms with van der Waals surface area (Å²) in [6.07, 6.45) is 0. The predicted octanol–water partition coefficient (Wildman–Crippen LogP) is 1.80. The van der Waals surface area contributed by atoms with Crippen LogP contribution in [0.1, 0.15) is 6.92 Å². The highest BCUT2D eigenvalue weighted by atomic mass is 31.1. The minimum atomic E-state index is -1.94. The van der Waals surface area contributed by atoms with E-state index in [0.717, 1.165) is 0 Å². The van der Waals surface area contributed by atoms with E-state index in [1.165, 1.54) is 5.82 Å². The minimum absolute atomic E-state index is 0.482. The maximum atomic E-state index is 10.4. The highest BCUT2D eigenvalue weighted by Gasteiger charge is 1.85. The van der Waals surface area contributed by atoms with Crippen LogP contribution < -0.4 is 0 Å². The van der Waals surface area contributed by atoms with Gasteiger partial charge in [0.1, 0.15) is 0 Å². The number of hydrogen-bond donors (Lipinski definition) is 0. The van der Waals surface area contributed by atoms with Crippen molar-refractivity contribution < 1.29 is 9.09 Å². The molecule has 0 aromatic carbocycles. The van der Waals surface area contributed by atoms with Crippen LogP contribution in [-0.4, -0.2) is 6.61 Å². The normalized spacial score (nSPS) is 12.1. The largest absolute Gasteiger partial charge is 0.328 e. The third kappa shape index (κ3) is 3.89. The Labute approximate surface area is 49.7 Å². The van der Waals surface area contributed by atoms with Crippen molar-refractivity contribution in [3.05, 3.63) is 18.1 Å². The van der Waals surface area contributed by atoms with Crippen LogP contribution in [0.2, 0.25) is 0 Å². The van der Waals surface area contributed by atoms with Crippen LogP contribution in [0.4, 0.5) is 0 Å². The molecule has 2 nitrogen and oxygen atoms in total. The topological polar surface area (TPSA) is 26.3 Å². The van der Waals surface area contributed by atoms with Gasteiger partial charge in [0, 0.05) is 5.82 Å². The molecule has 0 saturated carbocycles.